The predicted octanol–water partition coefficient (Wildman–Crippen LogP) is 1.84. The fourth-order valence-corrected chi connectivity index (χ4v) is 2.75. The van der Waals surface area contributed by atoms with E-state index in [1.807, 2.05) is 0 Å². The van der Waals surface area contributed by atoms with Crippen LogP contribution in [0.15, 0.2) is 0 Å². The van der Waals surface area contributed by atoms with Gasteiger partial charge in [0.15, 0.2) is 0 Å². The van der Waals surface area contributed by atoms with E-state index >= 15 is 0 Å². The van der Waals surface area contributed by atoms with Crippen LogP contribution in [0.3, 0.4) is 0 Å². The Kier molecular flexibility index (Phi) is 2.68. The van der Waals surface area contributed by atoms with Gasteiger partial charge in [-0.3, -0.25) is 9.69 Å². The molecule has 74 valence electrons. The minimum absolute atomic E-state index is 0.391. The lowest BCUT2D eigenvalue weighted by Gasteiger charge is -2.42. The highest BCUT2D eigenvalue weighted by molar-refractivity contribution is 5.82. The van der Waals surface area contributed by atoms with Crippen molar-refractivity contribution >= 4 is 5.78 Å². The molecule has 2 aliphatic heterocycles. The number of Topliss-reactive ketones (excluding diaryl/α,β-unsaturated/α-hetero) is 1. The summed E-state index contributed by atoms with van der Waals surface area (Å²) in [5.41, 5.74) is 0. The van der Waals surface area contributed by atoms with Crippen LogP contribution in [0.25, 0.3) is 0 Å². The van der Waals surface area contributed by atoms with Crippen molar-refractivity contribution in [3.63, 3.8) is 0 Å². The van der Waals surface area contributed by atoms with Crippen LogP contribution in [0.1, 0.15) is 39.0 Å². The van der Waals surface area contributed by atoms with E-state index < -0.39 is 0 Å². The molecule has 3 unspecified atom stereocenters. The summed E-state index contributed by atoms with van der Waals surface area (Å²) in [6.07, 6.45) is 5.63. The second-order valence-corrected chi connectivity index (χ2v) is 4.45. The van der Waals surface area contributed by atoms with Crippen molar-refractivity contribution < 1.29 is 4.79 Å². The number of ketones is 1. The zero-order valence-corrected chi connectivity index (χ0v) is 8.46. The second-order valence-electron chi connectivity index (χ2n) is 4.45. The fourth-order valence-electron chi connectivity index (χ4n) is 2.75. The monoisotopic (exact) mass is 181 g/mol. The second kappa shape index (κ2) is 3.79. The normalized spacial score (nSPS) is 39.2. The first-order valence-corrected chi connectivity index (χ1v) is 5.58. The van der Waals surface area contributed by atoms with Crippen LogP contribution in [0, 0.1) is 5.92 Å². The van der Waals surface area contributed by atoms with E-state index in [0.717, 1.165) is 19.4 Å². The molecule has 0 radical (unpaired) electrons. The molecule has 2 nitrogen and oxygen atoms in total. The molecule has 0 amide bonds. The van der Waals surface area contributed by atoms with Crippen LogP contribution >= 0.6 is 0 Å². The van der Waals surface area contributed by atoms with Crippen molar-refractivity contribution in [1.29, 1.82) is 0 Å². The third kappa shape index (κ3) is 1.78. The SMILES string of the molecule is CCCC1CC(=O)C2CCCN1C2. The summed E-state index contributed by atoms with van der Waals surface area (Å²) in [5, 5.41) is 0. The molecule has 0 aliphatic carbocycles. The molecule has 0 spiro atoms. The summed E-state index contributed by atoms with van der Waals surface area (Å²) in [6, 6.07) is 0.578. The van der Waals surface area contributed by atoms with Gasteiger partial charge in [-0.05, 0) is 25.8 Å². The quantitative estimate of drug-likeness (QED) is 0.648. The molecular weight excluding hydrogens is 162 g/mol. The number of carbonyl (C=O) groups is 1. The van der Waals surface area contributed by atoms with Crippen molar-refractivity contribution in [3.05, 3.63) is 0 Å². The maximum Gasteiger partial charge on any atom is 0.138 e. The average Bonchev–Trinajstić information content (AvgIpc) is 2.16. The molecular formula is C11H19NO. The predicted molar refractivity (Wildman–Crippen MR) is 52.6 cm³/mol. The van der Waals surface area contributed by atoms with Gasteiger partial charge >= 0.3 is 0 Å². The van der Waals surface area contributed by atoms with E-state index in [1.54, 1.807) is 0 Å². The highest BCUT2D eigenvalue weighted by Gasteiger charge is 2.35. The molecule has 2 bridgehead atoms. The molecule has 2 heteroatoms. The highest BCUT2D eigenvalue weighted by atomic mass is 16.1. The number of hydrogen-bond acceptors (Lipinski definition) is 2. The Hall–Kier alpha value is -0.370. The van der Waals surface area contributed by atoms with Gasteiger partial charge in [0.2, 0.25) is 0 Å². The van der Waals surface area contributed by atoms with E-state index in [0.29, 0.717) is 17.7 Å². The van der Waals surface area contributed by atoms with Gasteiger partial charge in [-0.25, -0.2) is 0 Å². The van der Waals surface area contributed by atoms with Gasteiger partial charge in [-0.2, -0.15) is 0 Å². The molecule has 2 heterocycles. The van der Waals surface area contributed by atoms with Crippen LogP contribution in [0.4, 0.5) is 0 Å². The van der Waals surface area contributed by atoms with E-state index in [4.69, 9.17) is 0 Å². The third-order valence-corrected chi connectivity index (χ3v) is 3.48. The summed E-state index contributed by atoms with van der Waals surface area (Å²) >= 11 is 0. The molecule has 2 fully saturated rings. The van der Waals surface area contributed by atoms with Gasteiger partial charge in [0.05, 0.1) is 0 Å². The summed E-state index contributed by atoms with van der Waals surface area (Å²) < 4.78 is 0. The Labute approximate surface area is 80.3 Å². The molecule has 0 aromatic carbocycles. The molecule has 0 aromatic rings. The molecule has 0 saturated carbocycles. The standard InChI is InChI=1S/C11H19NO/c1-2-4-10-7-11(13)9-5-3-6-12(10)8-9/h9-10H,2-8H2,1H3. The lowest BCUT2D eigenvalue weighted by molar-refractivity contribution is -0.130. The Bertz CT molecular complexity index is 202. The van der Waals surface area contributed by atoms with Gasteiger partial charge < -0.3 is 0 Å². The minimum Gasteiger partial charge on any atom is -0.299 e. The Morgan fingerprint density at radius 2 is 2.38 bits per heavy atom. The number of carbonyl (C=O) groups excluding carboxylic acids is 1. The van der Waals surface area contributed by atoms with E-state index in [9.17, 15) is 4.79 Å². The van der Waals surface area contributed by atoms with E-state index in [1.165, 1.54) is 25.8 Å². The number of piperidine rings is 2. The van der Waals surface area contributed by atoms with Crippen LogP contribution in [0.5, 0.6) is 0 Å². The van der Waals surface area contributed by atoms with Crippen molar-refractivity contribution in [2.24, 2.45) is 5.92 Å². The van der Waals surface area contributed by atoms with Crippen molar-refractivity contribution in [2.45, 2.75) is 45.1 Å². The topological polar surface area (TPSA) is 20.3 Å². The lowest BCUT2D eigenvalue weighted by Crippen LogP contribution is -2.50. The Morgan fingerprint density at radius 3 is 3.15 bits per heavy atom. The lowest BCUT2D eigenvalue weighted by atomic mass is 9.83. The van der Waals surface area contributed by atoms with Gasteiger partial charge in [0.25, 0.3) is 0 Å². The summed E-state index contributed by atoms with van der Waals surface area (Å²) in [5.74, 6) is 0.927. The van der Waals surface area contributed by atoms with Crippen LogP contribution in [-0.2, 0) is 4.79 Å². The number of hydrogen-bond donors (Lipinski definition) is 0. The summed E-state index contributed by atoms with van der Waals surface area (Å²) in [4.78, 5) is 14.2. The first-order chi connectivity index (χ1) is 6.31. The van der Waals surface area contributed by atoms with Crippen LogP contribution < -0.4 is 0 Å². The zero-order chi connectivity index (χ0) is 9.26. The van der Waals surface area contributed by atoms with Crippen LogP contribution in [-0.4, -0.2) is 29.8 Å². The smallest absolute Gasteiger partial charge is 0.138 e. The van der Waals surface area contributed by atoms with E-state index in [-0.39, 0.29) is 0 Å². The van der Waals surface area contributed by atoms with Crippen molar-refractivity contribution in [2.75, 3.05) is 13.1 Å². The minimum atomic E-state index is 0.391. The Morgan fingerprint density at radius 1 is 1.54 bits per heavy atom. The van der Waals surface area contributed by atoms with Gasteiger partial charge in [0, 0.05) is 24.9 Å². The molecule has 0 N–H and O–H groups in total. The summed E-state index contributed by atoms with van der Waals surface area (Å²) in [6.45, 7) is 4.50. The molecule has 2 rings (SSSR count). The average molecular weight is 181 g/mol. The van der Waals surface area contributed by atoms with Crippen molar-refractivity contribution in [1.82, 2.24) is 4.90 Å². The molecule has 3 atom stereocenters. The number of nitrogens with zero attached hydrogens (tertiary/aromatic N) is 1. The first-order valence-electron chi connectivity index (χ1n) is 5.58. The van der Waals surface area contributed by atoms with Gasteiger partial charge in [0.1, 0.15) is 5.78 Å². The maximum atomic E-state index is 11.7. The molecule has 0 aromatic heterocycles. The van der Waals surface area contributed by atoms with E-state index in [2.05, 4.69) is 11.8 Å². The summed E-state index contributed by atoms with van der Waals surface area (Å²) in [7, 11) is 0. The molecule has 13 heavy (non-hydrogen) atoms. The molecule has 2 saturated heterocycles. The first kappa shape index (κ1) is 9.20. The van der Waals surface area contributed by atoms with Crippen LogP contribution in [0.2, 0.25) is 0 Å². The molecule has 2 aliphatic rings. The third-order valence-electron chi connectivity index (χ3n) is 3.48. The van der Waals surface area contributed by atoms with Gasteiger partial charge in [-0.1, -0.05) is 13.3 Å². The van der Waals surface area contributed by atoms with Gasteiger partial charge in [-0.15, -0.1) is 0 Å². The number of rotatable bonds is 2. The largest absolute Gasteiger partial charge is 0.299 e. The van der Waals surface area contributed by atoms with Crippen molar-refractivity contribution in [3.8, 4) is 0 Å². The maximum absolute atomic E-state index is 11.7. The number of fused-ring (bicyclic) bond motifs is 2. The zero-order valence-electron chi connectivity index (χ0n) is 8.46. The fraction of sp³-hybridized carbons (Fsp3) is 0.909. The Balaban J connectivity index is 2.01. The highest BCUT2D eigenvalue weighted by Crippen LogP contribution is 2.29.